The van der Waals surface area contributed by atoms with Gasteiger partial charge in [0.2, 0.25) is 0 Å². The molecule has 6 aromatic rings. The summed E-state index contributed by atoms with van der Waals surface area (Å²) in [7, 11) is 1.34. The molecule has 0 N–H and O–H groups in total. The van der Waals surface area contributed by atoms with E-state index in [-0.39, 0.29) is 37.2 Å². The van der Waals surface area contributed by atoms with Crippen LogP contribution in [0.1, 0.15) is 115 Å². The maximum atomic E-state index is 14.1. The number of aryl methyl sites for hydroxylation is 3. The molecule has 8 rings (SSSR count). The minimum Gasteiger partial charge on any atom is -0.469 e. The fourth-order valence-electron chi connectivity index (χ4n) is 7.54. The number of esters is 1. The monoisotopic (exact) mass is 852 g/mol. The topological polar surface area (TPSA) is 147 Å². The van der Waals surface area contributed by atoms with Gasteiger partial charge in [0.05, 0.1) is 29.8 Å². The SMILES string of the molecule is COC(=O)C[C@@H]1N=C(c2ccc(Cl)cc2)c2c(sc(C(=O)CCCC(=O)C[C@@H]3N=C(c4ccc(Cl)cc4)c4c(sc(C)c4C)-n4c(C)nnc43)c2C)-n2c(C)nnc21. The van der Waals surface area contributed by atoms with Crippen LogP contribution in [0.15, 0.2) is 58.5 Å². The molecule has 0 spiro atoms. The number of nitrogens with zero attached hydrogens (tertiary/aromatic N) is 8. The van der Waals surface area contributed by atoms with Crippen molar-refractivity contribution < 1.29 is 19.1 Å². The van der Waals surface area contributed by atoms with E-state index in [0.29, 0.717) is 44.5 Å². The number of ketones is 2. The van der Waals surface area contributed by atoms with Crippen LogP contribution in [0.3, 0.4) is 0 Å². The van der Waals surface area contributed by atoms with Crippen molar-refractivity contribution in [3.63, 3.8) is 0 Å². The number of halogens is 2. The van der Waals surface area contributed by atoms with E-state index in [9.17, 15) is 14.4 Å². The third-order valence-electron chi connectivity index (χ3n) is 10.6. The molecule has 0 saturated carbocycles. The normalized spacial score (nSPS) is 15.7. The van der Waals surface area contributed by atoms with Crippen LogP contribution in [-0.2, 0) is 14.3 Å². The molecule has 2 aliphatic rings. The summed E-state index contributed by atoms with van der Waals surface area (Å²) in [6.45, 7) is 9.82. The zero-order chi connectivity index (χ0) is 41.0. The van der Waals surface area contributed by atoms with E-state index in [2.05, 4.69) is 34.2 Å². The number of carbonyl (C=O) groups is 3. The van der Waals surface area contributed by atoms with Crippen LogP contribution in [-0.4, -0.2) is 65.6 Å². The number of thiophene rings is 2. The van der Waals surface area contributed by atoms with Gasteiger partial charge in [-0.05, 0) is 76.4 Å². The molecule has 0 fully saturated rings. The highest BCUT2D eigenvalue weighted by atomic mass is 35.5. The van der Waals surface area contributed by atoms with E-state index in [1.54, 1.807) is 23.5 Å². The second-order valence-corrected chi connectivity index (χ2v) is 17.5. The largest absolute Gasteiger partial charge is 0.469 e. The van der Waals surface area contributed by atoms with Gasteiger partial charge in [0, 0.05) is 56.4 Å². The number of aliphatic imine (C=N–C) groups is 2. The highest BCUT2D eigenvalue weighted by Gasteiger charge is 2.35. The Kier molecular flexibility index (Phi) is 10.9. The minimum atomic E-state index is -0.679. The van der Waals surface area contributed by atoms with Crippen LogP contribution < -0.4 is 0 Å². The van der Waals surface area contributed by atoms with Gasteiger partial charge in [-0.2, -0.15) is 0 Å². The van der Waals surface area contributed by atoms with Crippen molar-refractivity contribution in [2.75, 3.05) is 7.11 Å². The minimum absolute atomic E-state index is 0.0281. The first kappa shape index (κ1) is 39.7. The molecule has 0 saturated heterocycles. The Morgan fingerprint density at radius 3 is 1.71 bits per heavy atom. The van der Waals surface area contributed by atoms with E-state index in [1.807, 2.05) is 66.3 Å². The van der Waals surface area contributed by atoms with E-state index in [4.69, 9.17) is 37.9 Å². The number of benzene rings is 2. The van der Waals surface area contributed by atoms with Gasteiger partial charge in [-0.3, -0.25) is 33.5 Å². The van der Waals surface area contributed by atoms with E-state index >= 15 is 0 Å². The van der Waals surface area contributed by atoms with Gasteiger partial charge in [-0.1, -0.05) is 47.5 Å². The molecule has 0 aliphatic carbocycles. The van der Waals surface area contributed by atoms with Crippen LogP contribution in [0.25, 0.3) is 10.0 Å². The lowest BCUT2D eigenvalue weighted by molar-refractivity contribution is -0.141. The number of aromatic nitrogens is 6. The van der Waals surface area contributed by atoms with Crippen molar-refractivity contribution in [2.24, 2.45) is 9.98 Å². The molecule has 58 heavy (non-hydrogen) atoms. The summed E-state index contributed by atoms with van der Waals surface area (Å²) in [6.07, 6.45) is 0.764. The Bertz CT molecular complexity index is 2690. The predicted octanol–water partition coefficient (Wildman–Crippen LogP) is 9.18. The fourth-order valence-corrected chi connectivity index (χ4v) is 10.3. The molecule has 4 aromatic heterocycles. The van der Waals surface area contributed by atoms with Gasteiger partial charge < -0.3 is 4.74 Å². The molecule has 16 heteroatoms. The highest BCUT2D eigenvalue weighted by Crippen LogP contribution is 2.42. The second-order valence-electron chi connectivity index (χ2n) is 14.4. The van der Waals surface area contributed by atoms with Crippen LogP contribution in [0, 0.1) is 34.6 Å². The third kappa shape index (κ3) is 7.16. The predicted molar refractivity (Wildman–Crippen MR) is 226 cm³/mol. The summed E-state index contributed by atoms with van der Waals surface area (Å²) in [4.78, 5) is 52.5. The number of hydrogen-bond acceptors (Lipinski definition) is 12. The van der Waals surface area contributed by atoms with E-state index in [1.165, 1.54) is 18.4 Å². The van der Waals surface area contributed by atoms with Gasteiger partial charge in [-0.25, -0.2) is 0 Å². The molecule has 6 heterocycles. The molecular weight excluding hydrogens is 816 g/mol. The van der Waals surface area contributed by atoms with Gasteiger partial charge in [0.15, 0.2) is 17.4 Å². The smallest absolute Gasteiger partial charge is 0.308 e. The number of hydrogen-bond donors (Lipinski definition) is 0. The Morgan fingerprint density at radius 2 is 1.17 bits per heavy atom. The van der Waals surface area contributed by atoms with E-state index < -0.39 is 18.1 Å². The average molecular weight is 854 g/mol. The van der Waals surface area contributed by atoms with Crippen molar-refractivity contribution in [2.45, 2.75) is 78.8 Å². The Balaban J connectivity index is 1.06. The van der Waals surface area contributed by atoms with Crippen LogP contribution in [0.5, 0.6) is 0 Å². The highest BCUT2D eigenvalue weighted by molar-refractivity contribution is 7.17. The zero-order valence-electron chi connectivity index (χ0n) is 32.6. The summed E-state index contributed by atoms with van der Waals surface area (Å²) < 4.78 is 8.91. The number of fused-ring (bicyclic) bond motifs is 6. The fraction of sp³-hybridized carbons (Fsp3) is 0.310. The molecule has 2 atom stereocenters. The zero-order valence-corrected chi connectivity index (χ0v) is 35.7. The summed E-state index contributed by atoms with van der Waals surface area (Å²) in [5.41, 5.74) is 6.67. The molecule has 0 bridgehead atoms. The van der Waals surface area contributed by atoms with Gasteiger partial charge >= 0.3 is 5.97 Å². The molecular formula is C42H38Cl2N8O4S2. The van der Waals surface area contributed by atoms with Crippen LogP contribution >= 0.6 is 45.9 Å². The first-order chi connectivity index (χ1) is 27.8. The first-order valence-electron chi connectivity index (χ1n) is 18.7. The number of ether oxygens (including phenoxy) is 1. The quantitative estimate of drug-likeness (QED) is 0.0927. The summed E-state index contributed by atoms with van der Waals surface area (Å²) in [5, 5.41) is 20.6. The number of rotatable bonds is 11. The van der Waals surface area contributed by atoms with Crippen molar-refractivity contribution >= 4 is 74.8 Å². The number of methoxy groups -OCH3 is 1. The van der Waals surface area contributed by atoms with E-state index in [0.717, 1.165) is 59.8 Å². The van der Waals surface area contributed by atoms with Gasteiger partial charge in [0.1, 0.15) is 39.5 Å². The van der Waals surface area contributed by atoms with Gasteiger partial charge in [-0.15, -0.1) is 43.1 Å². The Hall–Kier alpha value is -5.15. The van der Waals surface area contributed by atoms with Crippen molar-refractivity contribution in [3.8, 4) is 10.0 Å². The Labute approximate surface area is 352 Å². The summed E-state index contributed by atoms with van der Waals surface area (Å²) in [5.74, 6) is 1.85. The molecule has 2 aromatic carbocycles. The van der Waals surface area contributed by atoms with Crippen molar-refractivity contribution in [1.29, 1.82) is 0 Å². The molecule has 296 valence electrons. The maximum Gasteiger partial charge on any atom is 0.308 e. The first-order valence-corrected chi connectivity index (χ1v) is 21.1. The lowest BCUT2D eigenvalue weighted by Gasteiger charge is -2.12. The maximum absolute atomic E-state index is 14.1. The second kappa shape index (κ2) is 15.9. The number of carbonyl (C=O) groups excluding carboxylic acids is 3. The standard InChI is InChI=1S/C42H38Cl2N8O4S2/c1-20-22(3)57-41-34(20)36(25-10-14-27(43)15-11-25)45-30(39-49-47-23(4)51(39)41)18-29(53)8-7-9-32(54)38-21(2)35-37(26-12-16-28(44)17-13-26)46-31(19-33(55)56-6)40-50-48-24(5)52(40)42(35)58-38/h10-17,30-31H,7-9,18-19H2,1-6H3/t30-,31-/m0/s1. The molecule has 2 aliphatic heterocycles. The van der Waals surface area contributed by atoms with Crippen molar-refractivity contribution in [1.82, 2.24) is 29.5 Å². The summed E-state index contributed by atoms with van der Waals surface area (Å²) in [6, 6.07) is 13.6. The lowest BCUT2D eigenvalue weighted by atomic mass is 9.97. The van der Waals surface area contributed by atoms with Gasteiger partial charge in [0.25, 0.3) is 0 Å². The molecule has 0 amide bonds. The average Bonchev–Trinajstić information content (AvgIpc) is 3.90. The lowest BCUT2D eigenvalue weighted by Crippen LogP contribution is -2.12. The molecule has 12 nitrogen and oxygen atoms in total. The third-order valence-corrected chi connectivity index (χ3v) is 13.6. The number of Topliss-reactive ketones (excluding diaryl/α,β-unsaturated/α-hetero) is 2. The van der Waals surface area contributed by atoms with Crippen LogP contribution in [0.2, 0.25) is 10.0 Å². The molecule has 0 unspecified atom stereocenters. The Morgan fingerprint density at radius 1 is 0.672 bits per heavy atom. The van der Waals surface area contributed by atoms with Crippen molar-refractivity contribution in [3.05, 3.63) is 125 Å². The molecule has 0 radical (unpaired) electrons. The summed E-state index contributed by atoms with van der Waals surface area (Å²) >= 11 is 15.5. The van der Waals surface area contributed by atoms with Crippen LogP contribution in [0.4, 0.5) is 0 Å².